The van der Waals surface area contributed by atoms with Crippen molar-refractivity contribution in [2.45, 2.75) is 19.4 Å². The zero-order valence-electron chi connectivity index (χ0n) is 12.5. The number of hydrogen-bond acceptors (Lipinski definition) is 2. The normalized spacial score (nSPS) is 11.8. The summed E-state index contributed by atoms with van der Waals surface area (Å²) in [5, 5.41) is 11.9. The molecule has 1 amide bonds. The molecule has 0 saturated carbocycles. The van der Waals surface area contributed by atoms with Crippen LogP contribution in [0.25, 0.3) is 6.08 Å². The van der Waals surface area contributed by atoms with Crippen molar-refractivity contribution in [1.29, 1.82) is 5.26 Å². The molecule has 0 heterocycles. The number of nitrogens with zero attached hydrogens (tertiary/aromatic N) is 1. The highest BCUT2D eigenvalue weighted by Crippen LogP contribution is 2.09. The fraction of sp³-hybridized carbons (Fsp3) is 0.158. The predicted octanol–water partition coefficient (Wildman–Crippen LogP) is 3.32. The van der Waals surface area contributed by atoms with Gasteiger partial charge in [0.05, 0.1) is 11.6 Å². The molecule has 0 unspecified atom stereocenters. The molecule has 0 radical (unpaired) electrons. The summed E-state index contributed by atoms with van der Waals surface area (Å²) in [6.45, 7) is 1.97. The molecule has 0 fully saturated rings. The Morgan fingerprint density at radius 1 is 1.18 bits per heavy atom. The van der Waals surface area contributed by atoms with Gasteiger partial charge in [-0.25, -0.2) is 0 Å². The van der Waals surface area contributed by atoms with Crippen LogP contribution < -0.4 is 5.32 Å². The van der Waals surface area contributed by atoms with Gasteiger partial charge in [-0.2, -0.15) is 5.26 Å². The van der Waals surface area contributed by atoms with Crippen LogP contribution in [0.3, 0.4) is 0 Å². The van der Waals surface area contributed by atoms with E-state index in [-0.39, 0.29) is 11.9 Å². The van der Waals surface area contributed by atoms with Crippen molar-refractivity contribution in [3.63, 3.8) is 0 Å². The third-order valence-corrected chi connectivity index (χ3v) is 3.27. The first kappa shape index (κ1) is 15.5. The van der Waals surface area contributed by atoms with Crippen LogP contribution in [0.5, 0.6) is 0 Å². The van der Waals surface area contributed by atoms with E-state index in [0.29, 0.717) is 5.56 Å². The van der Waals surface area contributed by atoms with E-state index >= 15 is 0 Å². The zero-order valence-corrected chi connectivity index (χ0v) is 12.5. The van der Waals surface area contributed by atoms with Gasteiger partial charge in [-0.15, -0.1) is 0 Å². The van der Waals surface area contributed by atoms with E-state index in [9.17, 15) is 4.79 Å². The molecule has 1 atom stereocenters. The Kier molecular flexibility index (Phi) is 5.50. The maximum Gasteiger partial charge on any atom is 0.244 e. The summed E-state index contributed by atoms with van der Waals surface area (Å²) in [5.74, 6) is -0.156. The minimum atomic E-state index is -0.156. The molecule has 3 nitrogen and oxygen atoms in total. The number of hydrogen-bond donors (Lipinski definition) is 1. The minimum absolute atomic E-state index is 0.0470. The fourth-order valence-corrected chi connectivity index (χ4v) is 2.22. The highest BCUT2D eigenvalue weighted by Gasteiger charge is 2.06. The quantitative estimate of drug-likeness (QED) is 0.859. The van der Waals surface area contributed by atoms with Gasteiger partial charge in [0, 0.05) is 12.1 Å². The summed E-state index contributed by atoms with van der Waals surface area (Å²) >= 11 is 0. The Morgan fingerprint density at radius 2 is 1.86 bits per heavy atom. The minimum Gasteiger partial charge on any atom is -0.350 e. The van der Waals surface area contributed by atoms with Crippen LogP contribution in [0.2, 0.25) is 0 Å². The van der Waals surface area contributed by atoms with Crippen LogP contribution in [0, 0.1) is 11.3 Å². The lowest BCUT2D eigenvalue weighted by molar-refractivity contribution is -0.117. The number of carbonyl (C=O) groups excluding carboxylic acids is 1. The van der Waals surface area contributed by atoms with Gasteiger partial charge in [-0.05, 0) is 36.6 Å². The van der Waals surface area contributed by atoms with Crippen LogP contribution in [-0.4, -0.2) is 11.9 Å². The van der Waals surface area contributed by atoms with Gasteiger partial charge in [-0.1, -0.05) is 48.5 Å². The fourth-order valence-electron chi connectivity index (χ4n) is 2.22. The van der Waals surface area contributed by atoms with Gasteiger partial charge in [0.2, 0.25) is 5.91 Å². The second kappa shape index (κ2) is 7.80. The summed E-state index contributed by atoms with van der Waals surface area (Å²) in [6.07, 6.45) is 3.93. The van der Waals surface area contributed by atoms with E-state index in [4.69, 9.17) is 5.26 Å². The largest absolute Gasteiger partial charge is 0.350 e. The van der Waals surface area contributed by atoms with Crippen LogP contribution >= 0.6 is 0 Å². The van der Waals surface area contributed by atoms with Crippen molar-refractivity contribution in [3.05, 3.63) is 77.4 Å². The summed E-state index contributed by atoms with van der Waals surface area (Å²) in [7, 11) is 0. The summed E-state index contributed by atoms with van der Waals surface area (Å²) in [6, 6.07) is 19.4. The number of benzene rings is 2. The van der Waals surface area contributed by atoms with E-state index in [1.165, 1.54) is 11.6 Å². The number of nitrogens with one attached hydrogen (secondary N) is 1. The number of rotatable bonds is 5. The predicted molar refractivity (Wildman–Crippen MR) is 87.9 cm³/mol. The molecule has 1 N–H and O–H groups in total. The molecule has 110 valence electrons. The lowest BCUT2D eigenvalue weighted by atomic mass is 10.1. The monoisotopic (exact) mass is 290 g/mol. The van der Waals surface area contributed by atoms with E-state index in [1.807, 2.05) is 49.4 Å². The molecular weight excluding hydrogens is 272 g/mol. The van der Waals surface area contributed by atoms with E-state index in [2.05, 4.69) is 11.4 Å². The molecule has 0 saturated heterocycles. The van der Waals surface area contributed by atoms with Crippen molar-refractivity contribution < 1.29 is 4.79 Å². The zero-order chi connectivity index (χ0) is 15.8. The average Bonchev–Trinajstić information content (AvgIpc) is 2.54. The molecule has 2 aromatic rings. The Hall–Kier alpha value is -2.86. The van der Waals surface area contributed by atoms with Gasteiger partial charge < -0.3 is 5.32 Å². The summed E-state index contributed by atoms with van der Waals surface area (Å²) < 4.78 is 0. The highest BCUT2D eigenvalue weighted by atomic mass is 16.1. The van der Waals surface area contributed by atoms with Crippen molar-refractivity contribution in [2.75, 3.05) is 0 Å². The van der Waals surface area contributed by atoms with Gasteiger partial charge >= 0.3 is 0 Å². The standard InChI is InChI=1S/C19H18N2O/c1-15(13-16-7-3-2-4-8-16)21-19(22)12-11-17-9-5-6-10-18(17)14-20/h2-12,15H,13H2,1H3,(H,21,22)/b12-11+/t15-/m1/s1. The van der Waals surface area contributed by atoms with Crippen molar-refractivity contribution in [2.24, 2.45) is 0 Å². The molecule has 0 aliphatic heterocycles. The summed E-state index contributed by atoms with van der Waals surface area (Å²) in [4.78, 5) is 11.9. The third-order valence-electron chi connectivity index (χ3n) is 3.27. The second-order valence-electron chi connectivity index (χ2n) is 5.13. The molecule has 2 aromatic carbocycles. The van der Waals surface area contributed by atoms with Crippen molar-refractivity contribution in [1.82, 2.24) is 5.32 Å². The van der Waals surface area contributed by atoms with Gasteiger partial charge in [-0.3, -0.25) is 4.79 Å². The van der Waals surface area contributed by atoms with Gasteiger partial charge in [0.1, 0.15) is 0 Å². The average molecular weight is 290 g/mol. The molecule has 0 bridgehead atoms. The van der Waals surface area contributed by atoms with Gasteiger partial charge in [0.15, 0.2) is 0 Å². The van der Waals surface area contributed by atoms with Crippen LogP contribution in [0.1, 0.15) is 23.6 Å². The first-order valence-corrected chi connectivity index (χ1v) is 7.20. The number of nitriles is 1. The Bertz CT molecular complexity index is 699. The molecule has 0 spiro atoms. The topological polar surface area (TPSA) is 52.9 Å². The maximum atomic E-state index is 11.9. The highest BCUT2D eigenvalue weighted by molar-refractivity contribution is 5.92. The smallest absolute Gasteiger partial charge is 0.244 e. The van der Waals surface area contributed by atoms with E-state index in [0.717, 1.165) is 12.0 Å². The Balaban J connectivity index is 1.92. The van der Waals surface area contributed by atoms with Crippen molar-refractivity contribution >= 4 is 12.0 Å². The first-order chi connectivity index (χ1) is 10.7. The second-order valence-corrected chi connectivity index (χ2v) is 5.13. The molecular formula is C19H18N2O. The first-order valence-electron chi connectivity index (χ1n) is 7.20. The molecule has 0 aliphatic carbocycles. The lowest BCUT2D eigenvalue weighted by Gasteiger charge is -2.12. The van der Waals surface area contributed by atoms with Gasteiger partial charge in [0.25, 0.3) is 0 Å². The number of amides is 1. The van der Waals surface area contributed by atoms with Crippen LogP contribution in [0.15, 0.2) is 60.7 Å². The summed E-state index contributed by atoms with van der Waals surface area (Å²) in [5.41, 5.74) is 2.49. The molecule has 0 aliphatic rings. The van der Waals surface area contributed by atoms with Crippen molar-refractivity contribution in [3.8, 4) is 6.07 Å². The SMILES string of the molecule is C[C@H](Cc1ccccc1)NC(=O)/C=C/c1ccccc1C#N. The van der Waals surface area contributed by atoms with Crippen LogP contribution in [0.4, 0.5) is 0 Å². The van der Waals surface area contributed by atoms with Crippen LogP contribution in [-0.2, 0) is 11.2 Å². The maximum absolute atomic E-state index is 11.9. The lowest BCUT2D eigenvalue weighted by Crippen LogP contribution is -2.32. The molecule has 0 aromatic heterocycles. The molecule has 2 rings (SSSR count). The van der Waals surface area contributed by atoms with E-state index in [1.54, 1.807) is 18.2 Å². The van der Waals surface area contributed by atoms with E-state index < -0.39 is 0 Å². The molecule has 22 heavy (non-hydrogen) atoms. The third kappa shape index (κ3) is 4.60. The Labute approximate surface area is 130 Å². The number of carbonyl (C=O) groups is 1. The Morgan fingerprint density at radius 3 is 2.59 bits per heavy atom. The molecule has 3 heteroatoms.